The van der Waals surface area contributed by atoms with Crippen LogP contribution in [0.5, 0.6) is 0 Å². The van der Waals surface area contributed by atoms with E-state index in [9.17, 15) is 0 Å². The quantitative estimate of drug-likeness (QED) is 0.361. The van der Waals surface area contributed by atoms with Crippen LogP contribution in [-0.4, -0.2) is 50.8 Å². The van der Waals surface area contributed by atoms with Crippen molar-refractivity contribution < 1.29 is 0 Å². The maximum Gasteiger partial charge on any atom is 0.168 e. The molecule has 34 heavy (non-hydrogen) atoms. The summed E-state index contributed by atoms with van der Waals surface area (Å²) in [5.74, 6) is 0.968. The Kier molecular flexibility index (Phi) is 5.57. The summed E-state index contributed by atoms with van der Waals surface area (Å²) in [5, 5.41) is 5.62. The van der Waals surface area contributed by atoms with Crippen LogP contribution in [-0.2, 0) is 0 Å². The van der Waals surface area contributed by atoms with Crippen LogP contribution in [0.2, 0.25) is 0 Å². The van der Waals surface area contributed by atoms with Crippen LogP contribution in [0.15, 0.2) is 85.3 Å². The minimum absolute atomic E-state index is 0.285. The van der Waals surface area contributed by atoms with Gasteiger partial charge in [-0.1, -0.05) is 48.5 Å². The fourth-order valence-electron chi connectivity index (χ4n) is 4.82. The molecule has 2 aromatic carbocycles. The van der Waals surface area contributed by atoms with Gasteiger partial charge < -0.3 is 4.90 Å². The second-order valence-corrected chi connectivity index (χ2v) is 9.93. The van der Waals surface area contributed by atoms with E-state index in [0.717, 1.165) is 48.7 Å². The molecule has 0 radical (unpaired) electrons. The van der Waals surface area contributed by atoms with E-state index in [2.05, 4.69) is 74.3 Å². The van der Waals surface area contributed by atoms with Gasteiger partial charge in [0, 0.05) is 35.9 Å². The van der Waals surface area contributed by atoms with Gasteiger partial charge in [0.15, 0.2) is 5.65 Å². The average Bonchev–Trinajstić information content (AvgIpc) is 3.52. The number of piperazine rings is 1. The normalized spacial score (nSPS) is 15.6. The van der Waals surface area contributed by atoms with Gasteiger partial charge in [-0.3, -0.25) is 4.90 Å². The molecule has 170 valence electrons. The summed E-state index contributed by atoms with van der Waals surface area (Å²) < 4.78 is 1.89. The van der Waals surface area contributed by atoms with E-state index < -0.39 is 0 Å². The van der Waals surface area contributed by atoms with Crippen LogP contribution in [0, 0.1) is 6.92 Å². The van der Waals surface area contributed by atoms with Crippen molar-refractivity contribution >= 4 is 28.2 Å². The molecule has 6 nitrogen and oxygen atoms in total. The predicted octanol–water partition coefficient (Wildman–Crippen LogP) is 5.10. The summed E-state index contributed by atoms with van der Waals surface area (Å²) in [6, 6.07) is 25.8. The Morgan fingerprint density at radius 2 is 1.56 bits per heavy atom. The zero-order valence-electron chi connectivity index (χ0n) is 19.1. The van der Waals surface area contributed by atoms with Crippen molar-refractivity contribution in [3.63, 3.8) is 0 Å². The van der Waals surface area contributed by atoms with Crippen LogP contribution < -0.4 is 4.90 Å². The molecule has 1 atom stereocenters. The SMILES string of the molecule is Cc1ccc(C(c2ccccc2)N2CCN(c3ncnc4c3cnn4-c3ccccc3)CC2)s1. The lowest BCUT2D eigenvalue weighted by Crippen LogP contribution is -2.48. The molecular formula is C27H26N6S. The van der Waals surface area contributed by atoms with Crippen molar-refractivity contribution in [1.29, 1.82) is 0 Å². The van der Waals surface area contributed by atoms with Crippen molar-refractivity contribution in [2.75, 3.05) is 31.1 Å². The van der Waals surface area contributed by atoms with Gasteiger partial charge in [0.1, 0.15) is 12.1 Å². The second kappa shape index (κ2) is 9.00. The first kappa shape index (κ1) is 21.0. The standard InChI is InChI=1S/C27H26N6S/c1-20-12-13-24(34-20)25(21-8-4-2-5-9-21)31-14-16-32(17-15-31)26-23-18-30-33(27(23)29-19-28-26)22-10-6-3-7-11-22/h2-13,18-19,25H,14-17H2,1H3. The number of thiophene rings is 1. The Labute approximate surface area is 203 Å². The Bertz CT molecular complexity index is 1390. The van der Waals surface area contributed by atoms with Gasteiger partial charge in [-0.2, -0.15) is 5.10 Å². The molecule has 0 N–H and O–H groups in total. The molecule has 1 saturated heterocycles. The van der Waals surface area contributed by atoms with Gasteiger partial charge in [0.2, 0.25) is 0 Å². The molecule has 1 unspecified atom stereocenters. The number of hydrogen-bond acceptors (Lipinski definition) is 6. The number of hydrogen-bond donors (Lipinski definition) is 0. The molecule has 1 fully saturated rings. The summed E-state index contributed by atoms with van der Waals surface area (Å²) in [5.41, 5.74) is 3.20. The van der Waals surface area contributed by atoms with Gasteiger partial charge in [0.05, 0.1) is 23.3 Å². The third-order valence-corrected chi connectivity index (χ3v) is 7.52. The highest BCUT2D eigenvalue weighted by Crippen LogP contribution is 2.35. The zero-order chi connectivity index (χ0) is 22.9. The molecule has 0 spiro atoms. The van der Waals surface area contributed by atoms with Crippen LogP contribution >= 0.6 is 11.3 Å². The number of rotatable bonds is 5. The zero-order valence-corrected chi connectivity index (χ0v) is 19.9. The van der Waals surface area contributed by atoms with E-state index in [4.69, 9.17) is 0 Å². The molecule has 1 aliphatic heterocycles. The lowest BCUT2D eigenvalue weighted by Gasteiger charge is -2.39. The molecule has 7 heteroatoms. The molecule has 6 rings (SSSR count). The monoisotopic (exact) mass is 466 g/mol. The lowest BCUT2D eigenvalue weighted by atomic mass is 10.0. The largest absolute Gasteiger partial charge is 0.353 e. The number of aryl methyl sites for hydroxylation is 1. The Morgan fingerprint density at radius 3 is 2.26 bits per heavy atom. The number of fused-ring (bicyclic) bond motifs is 1. The number of para-hydroxylation sites is 1. The molecular weight excluding hydrogens is 440 g/mol. The fraction of sp³-hybridized carbons (Fsp3) is 0.222. The van der Waals surface area contributed by atoms with Gasteiger partial charge >= 0.3 is 0 Å². The fourth-order valence-corrected chi connectivity index (χ4v) is 5.87. The van der Waals surface area contributed by atoms with Crippen molar-refractivity contribution in [2.45, 2.75) is 13.0 Å². The van der Waals surface area contributed by atoms with Crippen LogP contribution in [0.3, 0.4) is 0 Å². The van der Waals surface area contributed by atoms with Crippen molar-refractivity contribution in [2.24, 2.45) is 0 Å². The third-order valence-electron chi connectivity index (χ3n) is 6.47. The van der Waals surface area contributed by atoms with E-state index in [1.165, 1.54) is 15.3 Å². The van der Waals surface area contributed by atoms with E-state index >= 15 is 0 Å². The Hall–Kier alpha value is -3.55. The first-order chi connectivity index (χ1) is 16.8. The summed E-state index contributed by atoms with van der Waals surface area (Å²) in [4.78, 5) is 17.0. The summed E-state index contributed by atoms with van der Waals surface area (Å²) >= 11 is 1.90. The van der Waals surface area contributed by atoms with Crippen molar-refractivity contribution in [1.82, 2.24) is 24.6 Å². The second-order valence-electron chi connectivity index (χ2n) is 8.61. The van der Waals surface area contributed by atoms with Crippen LogP contribution in [0.1, 0.15) is 21.4 Å². The maximum absolute atomic E-state index is 4.67. The highest BCUT2D eigenvalue weighted by atomic mass is 32.1. The van der Waals surface area contributed by atoms with Crippen LogP contribution in [0.25, 0.3) is 16.7 Å². The molecule has 0 saturated carbocycles. The third kappa shape index (κ3) is 3.87. The average molecular weight is 467 g/mol. The molecule has 0 bridgehead atoms. The molecule has 1 aliphatic rings. The van der Waals surface area contributed by atoms with Gasteiger partial charge in [-0.15, -0.1) is 11.3 Å². The molecule has 0 amide bonds. The topological polar surface area (TPSA) is 50.1 Å². The first-order valence-electron chi connectivity index (χ1n) is 11.6. The number of benzene rings is 2. The maximum atomic E-state index is 4.67. The molecule has 0 aliphatic carbocycles. The molecule has 5 aromatic rings. The van der Waals surface area contributed by atoms with E-state index in [-0.39, 0.29) is 6.04 Å². The van der Waals surface area contributed by atoms with E-state index in [0.29, 0.717) is 0 Å². The highest BCUT2D eigenvalue weighted by Gasteiger charge is 2.28. The first-order valence-corrected chi connectivity index (χ1v) is 12.4. The number of aromatic nitrogens is 4. The van der Waals surface area contributed by atoms with Crippen molar-refractivity contribution in [3.05, 3.63) is 101 Å². The van der Waals surface area contributed by atoms with Gasteiger partial charge in [0.25, 0.3) is 0 Å². The van der Waals surface area contributed by atoms with Crippen LogP contribution in [0.4, 0.5) is 5.82 Å². The van der Waals surface area contributed by atoms with E-state index in [1.54, 1.807) is 6.33 Å². The number of anilines is 1. The Morgan fingerprint density at radius 1 is 0.824 bits per heavy atom. The molecule has 3 aromatic heterocycles. The minimum atomic E-state index is 0.285. The van der Waals surface area contributed by atoms with Crippen molar-refractivity contribution in [3.8, 4) is 5.69 Å². The highest BCUT2D eigenvalue weighted by molar-refractivity contribution is 7.12. The minimum Gasteiger partial charge on any atom is -0.353 e. The lowest BCUT2D eigenvalue weighted by molar-refractivity contribution is 0.214. The number of nitrogens with zero attached hydrogens (tertiary/aromatic N) is 6. The summed E-state index contributed by atoms with van der Waals surface area (Å²) in [6.07, 6.45) is 3.55. The Balaban J connectivity index is 1.27. The van der Waals surface area contributed by atoms with Gasteiger partial charge in [-0.25, -0.2) is 14.6 Å². The molecule has 4 heterocycles. The predicted molar refractivity (Wildman–Crippen MR) is 138 cm³/mol. The smallest absolute Gasteiger partial charge is 0.168 e. The summed E-state index contributed by atoms with van der Waals surface area (Å²) in [7, 11) is 0. The summed E-state index contributed by atoms with van der Waals surface area (Å²) in [6.45, 7) is 5.94. The van der Waals surface area contributed by atoms with E-state index in [1.807, 2.05) is 52.5 Å². The van der Waals surface area contributed by atoms with Gasteiger partial charge in [-0.05, 0) is 36.8 Å².